The van der Waals surface area contributed by atoms with Gasteiger partial charge in [0.05, 0.1) is 13.0 Å². The molecule has 1 saturated heterocycles. The van der Waals surface area contributed by atoms with Gasteiger partial charge in [0.15, 0.2) is 0 Å². The predicted octanol–water partition coefficient (Wildman–Crippen LogP) is 3.03. The van der Waals surface area contributed by atoms with E-state index in [-0.39, 0.29) is 18.2 Å². The molecule has 0 aromatic heterocycles. The molecule has 6 heteroatoms. The van der Waals surface area contributed by atoms with E-state index >= 15 is 0 Å². The summed E-state index contributed by atoms with van der Waals surface area (Å²) in [7, 11) is 0. The second-order valence-corrected chi connectivity index (χ2v) is 7.03. The molecular weight excluding hydrogens is 368 g/mol. The lowest BCUT2D eigenvalue weighted by atomic mass is 10.0. The van der Waals surface area contributed by atoms with Gasteiger partial charge in [-0.15, -0.1) is 0 Å². The molecule has 2 amide bonds. The summed E-state index contributed by atoms with van der Waals surface area (Å²) in [5.41, 5.74) is 2.56. The Bertz CT molecular complexity index is 849. The van der Waals surface area contributed by atoms with E-state index in [2.05, 4.69) is 5.32 Å². The van der Waals surface area contributed by atoms with E-state index in [1.54, 1.807) is 12.1 Å². The number of unbranched alkanes of at least 4 members (excludes halogenated alkanes) is 1. The molecule has 29 heavy (non-hydrogen) atoms. The minimum atomic E-state index is -0.848. The quantitative estimate of drug-likeness (QED) is 0.579. The highest BCUT2D eigenvalue weighted by Crippen LogP contribution is 2.21. The number of rotatable bonds is 7. The number of nitrogens with zero attached hydrogens (tertiary/aromatic N) is 1. The van der Waals surface area contributed by atoms with Crippen LogP contribution in [0.2, 0.25) is 0 Å². The van der Waals surface area contributed by atoms with E-state index in [9.17, 15) is 14.4 Å². The first-order valence-electron chi connectivity index (χ1n) is 10.00. The zero-order valence-corrected chi connectivity index (χ0v) is 16.6. The minimum Gasteiger partial charge on any atom is -0.466 e. The molecular formula is C23H26N2O4. The maximum absolute atomic E-state index is 13.0. The van der Waals surface area contributed by atoms with Crippen LogP contribution in [0, 0.1) is 0 Å². The molecule has 0 unspecified atom stereocenters. The molecule has 1 N–H and O–H groups in total. The summed E-state index contributed by atoms with van der Waals surface area (Å²) in [6.07, 6.45) is 1.56. The van der Waals surface area contributed by atoms with Crippen LogP contribution in [0.5, 0.6) is 0 Å². The molecule has 2 aromatic rings. The maximum Gasteiger partial charge on any atom is 0.308 e. The van der Waals surface area contributed by atoms with Crippen molar-refractivity contribution in [1.82, 2.24) is 10.2 Å². The molecule has 1 fully saturated rings. The molecule has 0 aliphatic carbocycles. The summed E-state index contributed by atoms with van der Waals surface area (Å²) in [5, 5.41) is 2.73. The summed E-state index contributed by atoms with van der Waals surface area (Å²) in [5.74, 6) is -1.04. The number of benzene rings is 2. The van der Waals surface area contributed by atoms with E-state index in [1.807, 2.05) is 49.4 Å². The van der Waals surface area contributed by atoms with E-state index in [0.29, 0.717) is 25.3 Å². The molecule has 3 rings (SSSR count). The molecule has 6 nitrogen and oxygen atoms in total. The maximum atomic E-state index is 13.0. The topological polar surface area (TPSA) is 75.7 Å². The second kappa shape index (κ2) is 9.87. The number of ether oxygens (including phenoxy) is 1. The molecule has 2 aromatic carbocycles. The number of amides is 2. The van der Waals surface area contributed by atoms with Gasteiger partial charge in [0, 0.05) is 18.7 Å². The third-order valence-electron chi connectivity index (χ3n) is 4.95. The summed E-state index contributed by atoms with van der Waals surface area (Å²) in [6, 6.07) is 16.3. The van der Waals surface area contributed by atoms with Crippen molar-refractivity contribution < 1.29 is 19.1 Å². The highest BCUT2D eigenvalue weighted by molar-refractivity contribution is 5.99. The second-order valence-electron chi connectivity index (χ2n) is 7.03. The molecule has 0 bridgehead atoms. The van der Waals surface area contributed by atoms with Crippen LogP contribution in [-0.2, 0) is 14.3 Å². The largest absolute Gasteiger partial charge is 0.466 e. The third kappa shape index (κ3) is 5.22. The first-order valence-corrected chi connectivity index (χ1v) is 10.00. The van der Waals surface area contributed by atoms with Gasteiger partial charge in [-0.05, 0) is 29.7 Å². The fraction of sp³-hybridized carbons (Fsp3) is 0.348. The number of carbonyl (C=O) groups excluding carboxylic acids is 3. The van der Waals surface area contributed by atoms with E-state index in [1.165, 1.54) is 4.90 Å². The molecule has 1 aliphatic rings. The Balaban J connectivity index is 1.71. The first kappa shape index (κ1) is 20.6. The SMILES string of the molecule is CCCCOC(=O)C[C@H]1C(=O)NCCN1C(=O)c1ccc(-c2ccccc2)cc1. The first-order chi connectivity index (χ1) is 14.1. The van der Waals surface area contributed by atoms with E-state index < -0.39 is 12.0 Å². The zero-order chi connectivity index (χ0) is 20.6. The van der Waals surface area contributed by atoms with Crippen molar-refractivity contribution in [3.05, 3.63) is 60.2 Å². The molecule has 0 saturated carbocycles. The molecule has 1 aliphatic heterocycles. The monoisotopic (exact) mass is 394 g/mol. The third-order valence-corrected chi connectivity index (χ3v) is 4.95. The Kier molecular flexibility index (Phi) is 7.00. The van der Waals surface area contributed by atoms with Gasteiger partial charge in [0.25, 0.3) is 5.91 Å². The molecule has 0 radical (unpaired) electrons. The highest BCUT2D eigenvalue weighted by Gasteiger charge is 2.35. The van der Waals surface area contributed by atoms with Gasteiger partial charge in [-0.3, -0.25) is 14.4 Å². The Labute approximate surface area is 170 Å². The molecule has 1 atom stereocenters. The van der Waals surface area contributed by atoms with Crippen LogP contribution in [0.1, 0.15) is 36.5 Å². The van der Waals surface area contributed by atoms with Gasteiger partial charge in [-0.2, -0.15) is 0 Å². The van der Waals surface area contributed by atoms with Crippen LogP contribution in [0.25, 0.3) is 11.1 Å². The summed E-state index contributed by atoms with van der Waals surface area (Å²) < 4.78 is 5.18. The van der Waals surface area contributed by atoms with Crippen LogP contribution in [0.4, 0.5) is 0 Å². The van der Waals surface area contributed by atoms with Crippen molar-refractivity contribution in [2.45, 2.75) is 32.2 Å². The number of esters is 1. The standard InChI is InChI=1S/C23H26N2O4/c1-2-3-15-29-21(26)16-20-22(27)24-13-14-25(20)23(28)19-11-9-18(10-12-19)17-7-5-4-6-8-17/h4-12,20H,2-3,13-16H2,1H3,(H,24,27)/t20-/m0/s1. The van der Waals surface area contributed by atoms with Crippen LogP contribution in [0.15, 0.2) is 54.6 Å². The van der Waals surface area contributed by atoms with Crippen LogP contribution in [-0.4, -0.2) is 48.4 Å². The van der Waals surface area contributed by atoms with Crippen molar-refractivity contribution >= 4 is 17.8 Å². The number of hydrogen-bond acceptors (Lipinski definition) is 4. The van der Waals surface area contributed by atoms with Gasteiger partial charge in [0.1, 0.15) is 6.04 Å². The van der Waals surface area contributed by atoms with Crippen molar-refractivity contribution in [3.8, 4) is 11.1 Å². The predicted molar refractivity (Wildman–Crippen MR) is 110 cm³/mol. The minimum absolute atomic E-state index is 0.136. The number of piperazine rings is 1. The van der Waals surface area contributed by atoms with Gasteiger partial charge < -0.3 is 15.0 Å². The molecule has 152 valence electrons. The van der Waals surface area contributed by atoms with E-state index in [4.69, 9.17) is 4.74 Å². The van der Waals surface area contributed by atoms with Crippen molar-refractivity contribution in [2.75, 3.05) is 19.7 Å². The normalized spacial score (nSPS) is 16.2. The smallest absolute Gasteiger partial charge is 0.308 e. The van der Waals surface area contributed by atoms with Crippen LogP contribution < -0.4 is 5.32 Å². The number of hydrogen-bond donors (Lipinski definition) is 1. The Morgan fingerprint density at radius 1 is 1.07 bits per heavy atom. The Hall–Kier alpha value is -3.15. The Morgan fingerprint density at radius 3 is 2.45 bits per heavy atom. The summed E-state index contributed by atoms with van der Waals surface area (Å²) >= 11 is 0. The summed E-state index contributed by atoms with van der Waals surface area (Å²) in [4.78, 5) is 38.9. The lowest BCUT2D eigenvalue weighted by Crippen LogP contribution is -2.57. The van der Waals surface area contributed by atoms with Gasteiger partial charge >= 0.3 is 5.97 Å². The average molecular weight is 394 g/mol. The number of nitrogens with one attached hydrogen (secondary N) is 1. The summed E-state index contributed by atoms with van der Waals surface area (Å²) in [6.45, 7) is 3.07. The molecule has 1 heterocycles. The lowest BCUT2D eigenvalue weighted by Gasteiger charge is -2.34. The van der Waals surface area contributed by atoms with Gasteiger partial charge in [-0.1, -0.05) is 55.8 Å². The van der Waals surface area contributed by atoms with Crippen molar-refractivity contribution in [1.29, 1.82) is 0 Å². The highest BCUT2D eigenvalue weighted by atomic mass is 16.5. The number of carbonyl (C=O) groups is 3. The fourth-order valence-corrected chi connectivity index (χ4v) is 3.31. The molecule has 0 spiro atoms. The Morgan fingerprint density at radius 2 is 1.76 bits per heavy atom. The van der Waals surface area contributed by atoms with Gasteiger partial charge in [0.2, 0.25) is 5.91 Å². The van der Waals surface area contributed by atoms with E-state index in [0.717, 1.165) is 24.0 Å². The lowest BCUT2D eigenvalue weighted by molar-refractivity contribution is -0.147. The van der Waals surface area contributed by atoms with Crippen molar-refractivity contribution in [3.63, 3.8) is 0 Å². The van der Waals surface area contributed by atoms with Crippen LogP contribution in [0.3, 0.4) is 0 Å². The van der Waals surface area contributed by atoms with Crippen LogP contribution >= 0.6 is 0 Å². The fourth-order valence-electron chi connectivity index (χ4n) is 3.31. The van der Waals surface area contributed by atoms with Gasteiger partial charge in [-0.25, -0.2) is 0 Å². The van der Waals surface area contributed by atoms with Crippen molar-refractivity contribution in [2.24, 2.45) is 0 Å². The zero-order valence-electron chi connectivity index (χ0n) is 16.6. The average Bonchev–Trinajstić information content (AvgIpc) is 2.75.